The van der Waals surface area contributed by atoms with Crippen LogP contribution in [-0.2, 0) is 6.54 Å². The Kier molecular flexibility index (Phi) is 3.23. The van der Waals surface area contributed by atoms with Gasteiger partial charge in [0, 0.05) is 18.9 Å². The second-order valence-electron chi connectivity index (χ2n) is 4.80. The van der Waals surface area contributed by atoms with Crippen LogP contribution in [0.2, 0.25) is 0 Å². The maximum Gasteiger partial charge on any atom is 0.200 e. The van der Waals surface area contributed by atoms with Crippen LogP contribution in [0.1, 0.15) is 5.56 Å². The van der Waals surface area contributed by atoms with Crippen LogP contribution >= 0.6 is 0 Å². The number of aromatic nitrogens is 2. The Morgan fingerprint density at radius 2 is 1.57 bits per heavy atom. The zero-order valence-corrected chi connectivity index (χ0v) is 11.1. The summed E-state index contributed by atoms with van der Waals surface area (Å²) in [4.78, 5) is 3.99. The summed E-state index contributed by atoms with van der Waals surface area (Å²) in [6.45, 7) is 0.729. The van der Waals surface area contributed by atoms with Crippen LogP contribution in [0.15, 0.2) is 55.1 Å². The van der Waals surface area contributed by atoms with Gasteiger partial charge in [-0.3, -0.25) is 0 Å². The molecule has 3 rings (SSSR count). The largest absolute Gasteiger partial charge is 0.504 e. The lowest BCUT2D eigenvalue weighted by Gasteiger charge is -2.08. The predicted molar refractivity (Wildman–Crippen MR) is 78.2 cm³/mol. The molecule has 0 saturated carbocycles. The first kappa shape index (κ1) is 13.1. The third-order valence-corrected chi connectivity index (χ3v) is 3.28. The highest BCUT2D eigenvalue weighted by Gasteiger charge is 2.09. The van der Waals surface area contributed by atoms with E-state index >= 15 is 0 Å². The van der Waals surface area contributed by atoms with Crippen molar-refractivity contribution in [2.75, 3.05) is 0 Å². The second kappa shape index (κ2) is 5.20. The van der Waals surface area contributed by atoms with Crippen LogP contribution in [0, 0.1) is 0 Å². The van der Waals surface area contributed by atoms with E-state index in [0.717, 1.165) is 17.7 Å². The number of imidazole rings is 1. The summed E-state index contributed by atoms with van der Waals surface area (Å²) < 4.78 is 1.97. The number of hydrogen-bond donors (Lipinski definition) is 3. The highest BCUT2D eigenvalue weighted by molar-refractivity contribution is 5.70. The Labute approximate surface area is 121 Å². The fraction of sp³-hybridized carbons (Fsp3) is 0.0625. The van der Waals surface area contributed by atoms with Gasteiger partial charge in [-0.1, -0.05) is 24.3 Å². The summed E-state index contributed by atoms with van der Waals surface area (Å²) in [5.74, 6) is -1.18. The minimum absolute atomic E-state index is 0.340. The molecule has 106 valence electrons. The first-order valence-electron chi connectivity index (χ1n) is 6.43. The number of benzene rings is 2. The van der Waals surface area contributed by atoms with E-state index < -0.39 is 5.75 Å². The minimum atomic E-state index is -0.504. The minimum Gasteiger partial charge on any atom is -0.504 e. The van der Waals surface area contributed by atoms with Crippen LogP contribution in [0.5, 0.6) is 17.2 Å². The van der Waals surface area contributed by atoms with Gasteiger partial charge in [-0.05, 0) is 28.8 Å². The molecule has 0 spiro atoms. The van der Waals surface area contributed by atoms with E-state index in [1.807, 2.05) is 35.0 Å². The molecule has 0 fully saturated rings. The van der Waals surface area contributed by atoms with Gasteiger partial charge in [0.15, 0.2) is 17.2 Å². The summed E-state index contributed by atoms with van der Waals surface area (Å²) >= 11 is 0. The van der Waals surface area contributed by atoms with Gasteiger partial charge in [0.2, 0.25) is 0 Å². The summed E-state index contributed by atoms with van der Waals surface area (Å²) in [6.07, 6.45) is 5.38. The summed E-state index contributed by atoms with van der Waals surface area (Å²) in [5.41, 5.74) is 2.59. The molecule has 5 nitrogen and oxygen atoms in total. The lowest BCUT2D eigenvalue weighted by atomic mass is 10.0. The van der Waals surface area contributed by atoms with Crippen molar-refractivity contribution in [2.24, 2.45) is 0 Å². The molecule has 1 heterocycles. The van der Waals surface area contributed by atoms with Crippen molar-refractivity contribution in [1.29, 1.82) is 0 Å². The zero-order valence-electron chi connectivity index (χ0n) is 11.1. The van der Waals surface area contributed by atoms with Gasteiger partial charge in [0.05, 0.1) is 6.33 Å². The maximum atomic E-state index is 9.55. The molecule has 0 aliphatic rings. The molecule has 1 aromatic heterocycles. The topological polar surface area (TPSA) is 78.5 Å². The molecular weight excluding hydrogens is 268 g/mol. The molecule has 0 radical (unpaired) electrons. The van der Waals surface area contributed by atoms with E-state index in [1.54, 1.807) is 12.5 Å². The van der Waals surface area contributed by atoms with E-state index in [2.05, 4.69) is 4.98 Å². The first-order chi connectivity index (χ1) is 10.1. The smallest absolute Gasteiger partial charge is 0.200 e. The predicted octanol–water partition coefficient (Wildman–Crippen LogP) is 2.72. The third-order valence-electron chi connectivity index (χ3n) is 3.28. The fourth-order valence-corrected chi connectivity index (χ4v) is 2.16. The second-order valence-corrected chi connectivity index (χ2v) is 4.80. The molecule has 0 saturated heterocycles. The van der Waals surface area contributed by atoms with Crippen molar-refractivity contribution < 1.29 is 15.3 Å². The van der Waals surface area contributed by atoms with Gasteiger partial charge in [0.1, 0.15) is 0 Å². The van der Waals surface area contributed by atoms with Gasteiger partial charge >= 0.3 is 0 Å². The Morgan fingerprint density at radius 1 is 0.905 bits per heavy atom. The molecule has 0 aliphatic carbocycles. The van der Waals surface area contributed by atoms with Gasteiger partial charge < -0.3 is 19.9 Å². The fourth-order valence-electron chi connectivity index (χ4n) is 2.16. The molecule has 3 aromatic rings. The zero-order chi connectivity index (χ0) is 14.8. The van der Waals surface area contributed by atoms with Crippen LogP contribution in [0.4, 0.5) is 0 Å². The number of nitrogens with zero attached hydrogens (tertiary/aromatic N) is 2. The Morgan fingerprint density at radius 3 is 2.14 bits per heavy atom. The van der Waals surface area contributed by atoms with E-state index in [9.17, 15) is 15.3 Å². The average molecular weight is 282 g/mol. The Bertz CT molecular complexity index is 727. The first-order valence-corrected chi connectivity index (χ1v) is 6.43. The molecule has 3 N–H and O–H groups in total. The molecule has 21 heavy (non-hydrogen) atoms. The van der Waals surface area contributed by atoms with Crippen molar-refractivity contribution in [1.82, 2.24) is 9.55 Å². The Balaban J connectivity index is 1.87. The van der Waals surface area contributed by atoms with E-state index in [0.29, 0.717) is 5.56 Å². The van der Waals surface area contributed by atoms with E-state index in [4.69, 9.17) is 0 Å². The van der Waals surface area contributed by atoms with Crippen molar-refractivity contribution >= 4 is 0 Å². The van der Waals surface area contributed by atoms with Crippen molar-refractivity contribution in [2.45, 2.75) is 6.54 Å². The van der Waals surface area contributed by atoms with Crippen molar-refractivity contribution in [3.8, 4) is 28.4 Å². The number of hydrogen-bond acceptors (Lipinski definition) is 4. The highest BCUT2D eigenvalue weighted by Crippen LogP contribution is 2.38. The van der Waals surface area contributed by atoms with Crippen LogP contribution in [0.3, 0.4) is 0 Å². The highest BCUT2D eigenvalue weighted by atomic mass is 16.3. The van der Waals surface area contributed by atoms with Gasteiger partial charge in [-0.15, -0.1) is 0 Å². The number of aromatic hydroxyl groups is 3. The van der Waals surface area contributed by atoms with Crippen LogP contribution < -0.4 is 0 Å². The van der Waals surface area contributed by atoms with Gasteiger partial charge in [0.25, 0.3) is 0 Å². The lowest BCUT2D eigenvalue weighted by molar-refractivity contribution is 0.368. The molecular formula is C16H14N2O3. The van der Waals surface area contributed by atoms with Crippen LogP contribution in [0.25, 0.3) is 11.1 Å². The molecule has 0 atom stereocenters. The maximum absolute atomic E-state index is 9.55. The quantitative estimate of drug-likeness (QED) is 0.645. The average Bonchev–Trinajstić information content (AvgIpc) is 2.98. The van der Waals surface area contributed by atoms with Crippen molar-refractivity contribution in [3.05, 3.63) is 60.7 Å². The van der Waals surface area contributed by atoms with E-state index in [-0.39, 0.29) is 11.5 Å². The summed E-state index contributed by atoms with van der Waals surface area (Å²) in [7, 11) is 0. The molecule has 0 bridgehead atoms. The lowest BCUT2D eigenvalue weighted by Crippen LogP contribution is -1.95. The molecule has 0 unspecified atom stereocenters. The summed E-state index contributed by atoms with van der Waals surface area (Å²) in [5, 5.41) is 28.5. The molecule has 2 aromatic carbocycles. The van der Waals surface area contributed by atoms with Gasteiger partial charge in [-0.25, -0.2) is 4.98 Å². The molecule has 5 heteroatoms. The van der Waals surface area contributed by atoms with E-state index in [1.165, 1.54) is 12.1 Å². The standard InChI is InChI=1S/C16H14N2O3/c19-14-7-13(8-15(20)16(14)21)12-3-1-11(2-4-12)9-18-6-5-17-10-18/h1-8,10,19-21H,9H2. The summed E-state index contributed by atoms with van der Waals surface area (Å²) in [6, 6.07) is 10.6. The van der Waals surface area contributed by atoms with Crippen molar-refractivity contribution in [3.63, 3.8) is 0 Å². The SMILES string of the molecule is Oc1cc(-c2ccc(Cn3ccnc3)cc2)cc(O)c1O. The Hall–Kier alpha value is -2.95. The number of rotatable bonds is 3. The molecule has 0 amide bonds. The number of phenols is 3. The normalized spacial score (nSPS) is 10.7. The number of phenolic OH excluding ortho intramolecular Hbond substituents is 3. The van der Waals surface area contributed by atoms with Crippen LogP contribution in [-0.4, -0.2) is 24.9 Å². The molecule has 0 aliphatic heterocycles. The third kappa shape index (κ3) is 2.67. The van der Waals surface area contributed by atoms with Gasteiger partial charge in [-0.2, -0.15) is 0 Å². The monoisotopic (exact) mass is 282 g/mol.